The van der Waals surface area contributed by atoms with Gasteiger partial charge >= 0.3 is 0 Å². The summed E-state index contributed by atoms with van der Waals surface area (Å²) in [5, 5.41) is 0.686. The molecule has 2 heterocycles. The fourth-order valence-electron chi connectivity index (χ4n) is 2.93. The minimum absolute atomic E-state index is 0.0725. The average Bonchev–Trinajstić information content (AvgIpc) is 2.65. The lowest BCUT2D eigenvalue weighted by atomic mass is 10.2. The van der Waals surface area contributed by atoms with Gasteiger partial charge in [-0.25, -0.2) is 4.98 Å². The van der Waals surface area contributed by atoms with Crippen LogP contribution in [0.1, 0.15) is 13.3 Å². The summed E-state index contributed by atoms with van der Waals surface area (Å²) in [6.07, 6.45) is 0.832. The minimum Gasteiger partial charge on any atom is -0.379 e. The maximum Gasteiger partial charge on any atom is 0.262 e. The van der Waals surface area contributed by atoms with Crippen molar-refractivity contribution in [1.82, 2.24) is 14.5 Å². The topological polar surface area (TPSA) is 90.4 Å². The van der Waals surface area contributed by atoms with Crippen LogP contribution in [0.4, 0.5) is 0 Å². The van der Waals surface area contributed by atoms with Crippen molar-refractivity contribution in [3.8, 4) is 0 Å². The van der Waals surface area contributed by atoms with Crippen molar-refractivity contribution in [3.63, 3.8) is 0 Å². The first kappa shape index (κ1) is 18.9. The molecule has 0 spiro atoms. The van der Waals surface area contributed by atoms with E-state index in [9.17, 15) is 9.59 Å². The highest BCUT2D eigenvalue weighted by atomic mass is 32.2. The standard InChI is InChI=1S/C18H24N4O3S/c1-13(16(19)23)26-18-20-15-6-3-2-5-14(15)17(24)22(18)8-4-7-21-9-11-25-12-10-21/h2-3,5-6,13H,4,7-12H2,1H3,(H2,19,23)/t13-/m0/s1. The predicted octanol–water partition coefficient (Wildman–Crippen LogP) is 1.08. The second-order valence-electron chi connectivity index (χ2n) is 6.34. The summed E-state index contributed by atoms with van der Waals surface area (Å²) in [5.74, 6) is -0.419. The molecule has 0 bridgehead atoms. The van der Waals surface area contributed by atoms with E-state index in [-0.39, 0.29) is 5.56 Å². The third-order valence-electron chi connectivity index (χ3n) is 4.47. The number of para-hydroxylation sites is 1. The Labute approximate surface area is 156 Å². The first-order chi connectivity index (χ1) is 12.6. The molecule has 1 saturated heterocycles. The van der Waals surface area contributed by atoms with E-state index in [1.54, 1.807) is 17.6 Å². The lowest BCUT2D eigenvalue weighted by molar-refractivity contribution is -0.117. The molecule has 140 valence electrons. The Balaban J connectivity index is 1.83. The summed E-state index contributed by atoms with van der Waals surface area (Å²) in [6, 6.07) is 7.29. The molecule has 0 aliphatic carbocycles. The monoisotopic (exact) mass is 376 g/mol. The molecule has 3 rings (SSSR count). The molecule has 1 aliphatic rings. The van der Waals surface area contributed by atoms with E-state index >= 15 is 0 Å². The number of hydrogen-bond donors (Lipinski definition) is 1. The molecule has 2 N–H and O–H groups in total. The average molecular weight is 376 g/mol. The summed E-state index contributed by atoms with van der Waals surface area (Å²) in [4.78, 5) is 31.3. The number of ether oxygens (including phenoxy) is 1. The minimum atomic E-state index is -0.450. The predicted molar refractivity (Wildman–Crippen MR) is 102 cm³/mol. The number of nitrogens with zero attached hydrogens (tertiary/aromatic N) is 3. The van der Waals surface area contributed by atoms with Crippen LogP contribution in [0, 0.1) is 0 Å². The number of hydrogen-bond acceptors (Lipinski definition) is 6. The molecule has 7 nitrogen and oxygen atoms in total. The summed E-state index contributed by atoms with van der Waals surface area (Å²) in [5.41, 5.74) is 5.96. The van der Waals surface area contributed by atoms with Crippen molar-refractivity contribution < 1.29 is 9.53 Å². The van der Waals surface area contributed by atoms with Crippen LogP contribution in [-0.4, -0.2) is 58.5 Å². The van der Waals surface area contributed by atoms with Gasteiger partial charge in [0.25, 0.3) is 5.56 Å². The van der Waals surface area contributed by atoms with Crippen LogP contribution in [0.5, 0.6) is 0 Å². The third kappa shape index (κ3) is 4.44. The quantitative estimate of drug-likeness (QED) is 0.575. The van der Waals surface area contributed by atoms with Crippen LogP contribution in [0.2, 0.25) is 0 Å². The maximum absolute atomic E-state index is 12.9. The Morgan fingerprint density at radius 2 is 2.04 bits per heavy atom. The summed E-state index contributed by atoms with van der Waals surface area (Å²) < 4.78 is 7.04. The Morgan fingerprint density at radius 1 is 1.31 bits per heavy atom. The van der Waals surface area contributed by atoms with Gasteiger partial charge in [-0.1, -0.05) is 23.9 Å². The SMILES string of the molecule is C[C@H](Sc1nc2ccccc2c(=O)n1CCCN1CCOCC1)C(N)=O. The lowest BCUT2D eigenvalue weighted by Gasteiger charge is -2.26. The number of benzene rings is 1. The molecule has 1 fully saturated rings. The number of rotatable bonds is 7. The van der Waals surface area contributed by atoms with Crippen LogP contribution in [0.3, 0.4) is 0 Å². The Hall–Kier alpha value is -1.90. The lowest BCUT2D eigenvalue weighted by Crippen LogP contribution is -2.37. The first-order valence-corrected chi connectivity index (χ1v) is 9.70. The molecule has 1 atom stereocenters. The van der Waals surface area contributed by atoms with Gasteiger partial charge in [0, 0.05) is 26.2 Å². The van der Waals surface area contributed by atoms with Gasteiger partial charge in [0.05, 0.1) is 29.4 Å². The van der Waals surface area contributed by atoms with Crippen molar-refractivity contribution in [1.29, 1.82) is 0 Å². The normalized spacial score (nSPS) is 16.7. The van der Waals surface area contributed by atoms with E-state index in [0.717, 1.165) is 39.3 Å². The molecule has 1 amide bonds. The number of primary amides is 1. The van der Waals surface area contributed by atoms with Crippen molar-refractivity contribution in [2.24, 2.45) is 5.73 Å². The molecule has 26 heavy (non-hydrogen) atoms. The van der Waals surface area contributed by atoms with Gasteiger partial charge in [0.15, 0.2) is 5.16 Å². The fourth-order valence-corrected chi connectivity index (χ4v) is 3.81. The first-order valence-electron chi connectivity index (χ1n) is 8.82. The highest BCUT2D eigenvalue weighted by molar-refractivity contribution is 8.00. The van der Waals surface area contributed by atoms with Crippen LogP contribution >= 0.6 is 11.8 Å². The number of thioether (sulfide) groups is 1. The van der Waals surface area contributed by atoms with E-state index in [2.05, 4.69) is 9.88 Å². The van der Waals surface area contributed by atoms with Crippen molar-refractivity contribution in [3.05, 3.63) is 34.6 Å². The number of aromatic nitrogens is 2. The van der Waals surface area contributed by atoms with Crippen molar-refractivity contribution in [2.75, 3.05) is 32.8 Å². The van der Waals surface area contributed by atoms with Gasteiger partial charge in [0.1, 0.15) is 0 Å². The Bertz CT molecular complexity index is 833. The molecular weight excluding hydrogens is 352 g/mol. The van der Waals surface area contributed by atoms with Crippen LogP contribution in [0.25, 0.3) is 10.9 Å². The number of carbonyl (C=O) groups excluding carboxylic acids is 1. The Morgan fingerprint density at radius 3 is 2.77 bits per heavy atom. The van der Waals surface area contributed by atoms with Gasteiger partial charge in [-0.2, -0.15) is 0 Å². The van der Waals surface area contributed by atoms with Crippen molar-refractivity contribution in [2.45, 2.75) is 30.3 Å². The fraction of sp³-hybridized carbons (Fsp3) is 0.500. The zero-order chi connectivity index (χ0) is 18.5. The van der Waals surface area contributed by atoms with E-state index in [4.69, 9.17) is 10.5 Å². The molecule has 2 aromatic rings. The second-order valence-corrected chi connectivity index (χ2v) is 7.65. The molecule has 1 aromatic heterocycles. The van der Waals surface area contributed by atoms with Crippen LogP contribution < -0.4 is 11.3 Å². The largest absolute Gasteiger partial charge is 0.379 e. The zero-order valence-corrected chi connectivity index (χ0v) is 15.7. The number of carbonyl (C=O) groups is 1. The van der Waals surface area contributed by atoms with Gasteiger partial charge in [-0.3, -0.25) is 19.1 Å². The molecule has 0 radical (unpaired) electrons. The summed E-state index contributed by atoms with van der Waals surface area (Å²) in [7, 11) is 0. The maximum atomic E-state index is 12.9. The summed E-state index contributed by atoms with van der Waals surface area (Å²) in [6.45, 7) is 6.55. The van der Waals surface area contributed by atoms with Crippen LogP contribution in [0.15, 0.2) is 34.2 Å². The van der Waals surface area contributed by atoms with E-state index in [1.165, 1.54) is 11.8 Å². The highest BCUT2D eigenvalue weighted by Crippen LogP contribution is 2.22. The van der Waals surface area contributed by atoms with Gasteiger partial charge in [-0.05, 0) is 25.5 Å². The van der Waals surface area contributed by atoms with Crippen molar-refractivity contribution >= 4 is 28.6 Å². The molecular formula is C18H24N4O3S. The number of fused-ring (bicyclic) bond motifs is 1. The molecule has 0 saturated carbocycles. The van der Waals surface area contributed by atoms with E-state index in [0.29, 0.717) is 22.6 Å². The van der Waals surface area contributed by atoms with Gasteiger partial charge in [0.2, 0.25) is 5.91 Å². The van der Waals surface area contributed by atoms with E-state index < -0.39 is 11.2 Å². The third-order valence-corrected chi connectivity index (χ3v) is 5.58. The molecule has 8 heteroatoms. The smallest absolute Gasteiger partial charge is 0.262 e. The second kappa shape index (κ2) is 8.66. The van der Waals surface area contributed by atoms with Crippen LogP contribution in [-0.2, 0) is 16.1 Å². The summed E-state index contributed by atoms with van der Waals surface area (Å²) >= 11 is 1.24. The Kier molecular flexibility index (Phi) is 6.29. The zero-order valence-electron chi connectivity index (χ0n) is 14.9. The van der Waals surface area contributed by atoms with Gasteiger partial charge in [-0.15, -0.1) is 0 Å². The number of nitrogens with two attached hydrogens (primary N) is 1. The molecule has 1 aromatic carbocycles. The van der Waals surface area contributed by atoms with Gasteiger partial charge < -0.3 is 10.5 Å². The highest BCUT2D eigenvalue weighted by Gasteiger charge is 2.18. The van der Waals surface area contributed by atoms with E-state index in [1.807, 2.05) is 18.2 Å². The number of amides is 1. The number of morpholine rings is 1. The molecule has 1 aliphatic heterocycles. The molecule has 0 unspecified atom stereocenters.